The van der Waals surface area contributed by atoms with Gasteiger partial charge in [0, 0.05) is 36.5 Å². The fourth-order valence-electron chi connectivity index (χ4n) is 4.56. The molecular formula is C25H29F3N4O3. The average Bonchev–Trinajstić information content (AvgIpc) is 2.81. The smallest absolute Gasteiger partial charge is 0.416 e. The Morgan fingerprint density at radius 2 is 1.86 bits per heavy atom. The number of rotatable bonds is 7. The number of aromatic nitrogens is 1. The predicted octanol–water partition coefficient (Wildman–Crippen LogP) is 3.33. The van der Waals surface area contributed by atoms with Gasteiger partial charge < -0.3 is 20.3 Å². The van der Waals surface area contributed by atoms with Gasteiger partial charge in [-0.25, -0.2) is 4.98 Å². The molecule has 0 atom stereocenters. The molecule has 2 N–H and O–H groups in total. The molecule has 7 nitrogen and oxygen atoms in total. The van der Waals surface area contributed by atoms with Crippen molar-refractivity contribution in [2.45, 2.75) is 57.0 Å². The van der Waals surface area contributed by atoms with Crippen LogP contribution in [0.2, 0.25) is 0 Å². The number of amides is 2. The summed E-state index contributed by atoms with van der Waals surface area (Å²) >= 11 is 0. The summed E-state index contributed by atoms with van der Waals surface area (Å²) in [4.78, 5) is 31.7. The minimum Gasteiger partial charge on any atom is -0.474 e. The van der Waals surface area contributed by atoms with E-state index in [1.54, 1.807) is 6.20 Å². The quantitative estimate of drug-likeness (QED) is 0.622. The Balaban J connectivity index is 1.34. The fraction of sp³-hybridized carbons (Fsp3) is 0.480. The van der Waals surface area contributed by atoms with Gasteiger partial charge in [-0.05, 0) is 56.9 Å². The van der Waals surface area contributed by atoms with Crippen molar-refractivity contribution in [2.75, 3.05) is 19.6 Å². The second kappa shape index (κ2) is 10.6. The number of aryl methyl sites for hydroxylation is 1. The number of hydrogen-bond donors (Lipinski definition) is 2. The molecule has 2 aliphatic rings. The fourth-order valence-corrected chi connectivity index (χ4v) is 4.56. The molecule has 10 heteroatoms. The molecule has 1 aliphatic heterocycles. The topological polar surface area (TPSA) is 83.6 Å². The van der Waals surface area contributed by atoms with Gasteiger partial charge in [-0.1, -0.05) is 12.1 Å². The highest BCUT2D eigenvalue weighted by Crippen LogP contribution is 2.30. The average molecular weight is 491 g/mol. The van der Waals surface area contributed by atoms with Crippen molar-refractivity contribution in [3.63, 3.8) is 0 Å². The van der Waals surface area contributed by atoms with Crippen molar-refractivity contribution in [1.82, 2.24) is 20.5 Å². The van der Waals surface area contributed by atoms with E-state index in [4.69, 9.17) is 4.74 Å². The van der Waals surface area contributed by atoms with E-state index in [1.807, 2.05) is 24.0 Å². The Labute approximate surface area is 202 Å². The number of halogens is 3. The monoisotopic (exact) mass is 490 g/mol. The largest absolute Gasteiger partial charge is 0.474 e. The minimum absolute atomic E-state index is 0.0183. The Hall–Kier alpha value is -3.14. The third kappa shape index (κ3) is 6.11. The molecule has 2 fully saturated rings. The molecule has 2 heterocycles. The van der Waals surface area contributed by atoms with E-state index < -0.39 is 17.6 Å². The molecule has 0 bridgehead atoms. The van der Waals surface area contributed by atoms with Crippen molar-refractivity contribution in [1.29, 1.82) is 0 Å². The van der Waals surface area contributed by atoms with Crippen LogP contribution in [0.1, 0.15) is 47.2 Å². The lowest BCUT2D eigenvalue weighted by atomic mass is 9.90. The predicted molar refractivity (Wildman–Crippen MR) is 123 cm³/mol. The summed E-state index contributed by atoms with van der Waals surface area (Å²) in [5, 5.41) is 5.67. The lowest BCUT2D eigenvalue weighted by Crippen LogP contribution is -2.63. The van der Waals surface area contributed by atoms with Crippen LogP contribution >= 0.6 is 0 Å². The highest BCUT2D eigenvalue weighted by molar-refractivity contribution is 5.96. The SMILES string of the molecule is Cc1cccnc1OC1CCC(N(C(=O)CNC(=O)c2cccc(C(F)(F)F)c2)C2CNC2)CC1. The van der Waals surface area contributed by atoms with Crippen LogP contribution in [-0.4, -0.2) is 59.5 Å². The molecule has 35 heavy (non-hydrogen) atoms. The summed E-state index contributed by atoms with van der Waals surface area (Å²) in [7, 11) is 0. The third-order valence-corrected chi connectivity index (χ3v) is 6.57. The highest BCUT2D eigenvalue weighted by Gasteiger charge is 2.37. The first-order chi connectivity index (χ1) is 16.7. The summed E-state index contributed by atoms with van der Waals surface area (Å²) in [6.07, 6.45) is 0.268. The maximum atomic E-state index is 13.1. The zero-order valence-corrected chi connectivity index (χ0v) is 19.5. The van der Waals surface area contributed by atoms with Gasteiger partial charge in [-0.3, -0.25) is 9.59 Å². The Morgan fingerprint density at radius 1 is 1.11 bits per heavy atom. The van der Waals surface area contributed by atoms with Crippen LogP contribution in [-0.2, 0) is 11.0 Å². The molecule has 1 aliphatic carbocycles. The highest BCUT2D eigenvalue weighted by atomic mass is 19.4. The molecule has 0 unspecified atom stereocenters. The first-order valence-electron chi connectivity index (χ1n) is 11.8. The zero-order valence-electron chi connectivity index (χ0n) is 19.5. The molecule has 1 saturated carbocycles. The Bertz CT molecular complexity index is 1050. The van der Waals surface area contributed by atoms with E-state index in [1.165, 1.54) is 12.1 Å². The number of nitrogens with one attached hydrogen (secondary N) is 2. The van der Waals surface area contributed by atoms with Crippen molar-refractivity contribution >= 4 is 11.8 Å². The molecule has 188 valence electrons. The van der Waals surface area contributed by atoms with Gasteiger partial charge in [-0.15, -0.1) is 0 Å². The number of carbonyl (C=O) groups is 2. The summed E-state index contributed by atoms with van der Waals surface area (Å²) < 4.78 is 44.9. The van der Waals surface area contributed by atoms with E-state index in [0.29, 0.717) is 19.0 Å². The van der Waals surface area contributed by atoms with E-state index in [9.17, 15) is 22.8 Å². The lowest BCUT2D eigenvalue weighted by molar-refractivity contribution is -0.138. The van der Waals surface area contributed by atoms with Gasteiger partial charge in [0.25, 0.3) is 5.91 Å². The molecule has 1 aromatic heterocycles. The maximum Gasteiger partial charge on any atom is 0.416 e. The van der Waals surface area contributed by atoms with E-state index >= 15 is 0 Å². The van der Waals surface area contributed by atoms with Crippen molar-refractivity contribution < 1.29 is 27.5 Å². The van der Waals surface area contributed by atoms with Crippen LogP contribution in [0.15, 0.2) is 42.6 Å². The molecule has 0 radical (unpaired) electrons. The normalized spacial score (nSPS) is 20.6. The van der Waals surface area contributed by atoms with Gasteiger partial charge in [0.1, 0.15) is 6.10 Å². The number of nitrogens with zero attached hydrogens (tertiary/aromatic N) is 2. The Kier molecular flexibility index (Phi) is 7.59. The van der Waals surface area contributed by atoms with Crippen LogP contribution < -0.4 is 15.4 Å². The van der Waals surface area contributed by atoms with Crippen LogP contribution in [0.3, 0.4) is 0 Å². The minimum atomic E-state index is -4.54. The molecule has 2 amide bonds. The number of alkyl halides is 3. The zero-order chi connectivity index (χ0) is 25.0. The van der Waals surface area contributed by atoms with Crippen LogP contribution in [0.25, 0.3) is 0 Å². The van der Waals surface area contributed by atoms with E-state index in [2.05, 4.69) is 15.6 Å². The Morgan fingerprint density at radius 3 is 2.49 bits per heavy atom. The number of carbonyl (C=O) groups excluding carboxylic acids is 2. The van der Waals surface area contributed by atoms with Gasteiger partial charge >= 0.3 is 6.18 Å². The first kappa shape index (κ1) is 25.0. The lowest BCUT2D eigenvalue weighted by Gasteiger charge is -2.45. The van der Waals surface area contributed by atoms with Crippen LogP contribution in [0.5, 0.6) is 5.88 Å². The van der Waals surface area contributed by atoms with E-state index in [0.717, 1.165) is 43.4 Å². The number of ether oxygens (including phenoxy) is 1. The molecule has 4 rings (SSSR count). The summed E-state index contributed by atoms with van der Waals surface area (Å²) in [5.74, 6) is -0.315. The molecular weight excluding hydrogens is 461 g/mol. The van der Waals surface area contributed by atoms with Gasteiger partial charge in [-0.2, -0.15) is 13.2 Å². The first-order valence-corrected chi connectivity index (χ1v) is 11.8. The van der Waals surface area contributed by atoms with Crippen molar-refractivity contribution in [2.24, 2.45) is 0 Å². The second-order valence-corrected chi connectivity index (χ2v) is 9.05. The van der Waals surface area contributed by atoms with Gasteiger partial charge in [0.05, 0.1) is 18.2 Å². The summed E-state index contributed by atoms with van der Waals surface area (Å²) in [5.41, 5.74) is -0.0611. The van der Waals surface area contributed by atoms with Crippen molar-refractivity contribution in [3.8, 4) is 5.88 Å². The third-order valence-electron chi connectivity index (χ3n) is 6.57. The standard InChI is InChI=1S/C25H29F3N4O3/c1-16-4-3-11-30-24(16)35-21-9-7-19(8-10-21)32(20-13-29-14-20)22(33)15-31-23(34)17-5-2-6-18(12-17)25(26,27)28/h2-6,11-12,19-21,29H,7-10,13-15H2,1H3,(H,31,34). The number of pyridine rings is 1. The van der Waals surface area contributed by atoms with Crippen molar-refractivity contribution in [3.05, 3.63) is 59.3 Å². The van der Waals surface area contributed by atoms with Gasteiger partial charge in [0.2, 0.25) is 11.8 Å². The summed E-state index contributed by atoms with van der Waals surface area (Å²) in [6.45, 7) is 3.04. The molecule has 0 spiro atoms. The van der Waals surface area contributed by atoms with Crippen LogP contribution in [0.4, 0.5) is 13.2 Å². The molecule has 1 aromatic carbocycles. The maximum absolute atomic E-state index is 13.1. The van der Waals surface area contributed by atoms with Gasteiger partial charge in [0.15, 0.2) is 0 Å². The summed E-state index contributed by atoms with van der Waals surface area (Å²) in [6, 6.07) is 8.04. The van der Waals surface area contributed by atoms with E-state index in [-0.39, 0.29) is 36.2 Å². The molecule has 1 saturated heterocycles. The van der Waals surface area contributed by atoms with Crippen LogP contribution in [0, 0.1) is 6.92 Å². The number of benzene rings is 1. The molecule has 2 aromatic rings. The number of hydrogen-bond acceptors (Lipinski definition) is 5. The second-order valence-electron chi connectivity index (χ2n) is 9.05.